The molecule has 0 amide bonds. The summed E-state index contributed by atoms with van der Waals surface area (Å²) in [6.07, 6.45) is 0. The first-order valence-corrected chi connectivity index (χ1v) is 6.95. The first kappa shape index (κ1) is 13.1. The molecule has 0 heterocycles. The van der Waals surface area contributed by atoms with Crippen molar-refractivity contribution in [2.24, 2.45) is 0 Å². The molecule has 96 valence electrons. The first-order chi connectivity index (χ1) is 8.42. The normalized spacial score (nSPS) is 12.0. The Bertz CT molecular complexity index is 683. The van der Waals surface area contributed by atoms with Crippen LogP contribution in [0, 0.1) is 0 Å². The number of fused-ring (bicyclic) bond motifs is 1. The highest BCUT2D eigenvalue weighted by Crippen LogP contribution is 2.33. The van der Waals surface area contributed by atoms with Gasteiger partial charge >= 0.3 is 10.3 Å². The Morgan fingerprint density at radius 3 is 2.44 bits per heavy atom. The van der Waals surface area contributed by atoms with Crippen LogP contribution in [-0.2, 0) is 10.3 Å². The molecule has 0 spiro atoms. The van der Waals surface area contributed by atoms with E-state index >= 15 is 0 Å². The summed E-state index contributed by atoms with van der Waals surface area (Å²) in [5.41, 5.74) is 0. The van der Waals surface area contributed by atoms with Gasteiger partial charge in [-0.1, -0.05) is 41.9 Å². The molecule has 0 N–H and O–H groups in total. The van der Waals surface area contributed by atoms with E-state index in [1.807, 2.05) is 24.3 Å². The van der Waals surface area contributed by atoms with Crippen molar-refractivity contribution >= 4 is 32.7 Å². The van der Waals surface area contributed by atoms with Crippen molar-refractivity contribution in [1.82, 2.24) is 4.31 Å². The van der Waals surface area contributed by atoms with Crippen molar-refractivity contribution in [1.29, 1.82) is 0 Å². The fourth-order valence-corrected chi connectivity index (χ4v) is 2.30. The van der Waals surface area contributed by atoms with Crippen LogP contribution in [0.1, 0.15) is 0 Å². The molecule has 0 unspecified atom stereocenters. The number of hydrogen-bond acceptors (Lipinski definition) is 3. The highest BCUT2D eigenvalue weighted by atomic mass is 35.5. The summed E-state index contributed by atoms with van der Waals surface area (Å²) in [5.74, 6) is 0.129. The summed E-state index contributed by atoms with van der Waals surface area (Å²) in [6, 6.07) is 10.7. The van der Waals surface area contributed by atoms with E-state index in [2.05, 4.69) is 0 Å². The molecule has 4 nitrogen and oxygen atoms in total. The van der Waals surface area contributed by atoms with Crippen molar-refractivity contribution in [3.05, 3.63) is 41.4 Å². The van der Waals surface area contributed by atoms with Crippen LogP contribution in [-0.4, -0.2) is 26.8 Å². The van der Waals surface area contributed by atoms with Gasteiger partial charge in [0.1, 0.15) is 0 Å². The topological polar surface area (TPSA) is 46.6 Å². The SMILES string of the molecule is CN(C)S(=O)(=O)Oc1ccc2ccccc2c1Cl. The van der Waals surface area contributed by atoms with E-state index in [0.717, 1.165) is 15.1 Å². The third kappa shape index (κ3) is 2.43. The Labute approximate surface area is 111 Å². The molecule has 0 aliphatic heterocycles. The molecule has 2 rings (SSSR count). The van der Waals surface area contributed by atoms with E-state index in [9.17, 15) is 8.42 Å². The van der Waals surface area contributed by atoms with Gasteiger partial charge in [0.2, 0.25) is 0 Å². The maximum atomic E-state index is 11.6. The van der Waals surface area contributed by atoms with Crippen molar-refractivity contribution < 1.29 is 12.6 Å². The largest absolute Gasteiger partial charge is 0.384 e. The predicted molar refractivity (Wildman–Crippen MR) is 72.2 cm³/mol. The summed E-state index contributed by atoms with van der Waals surface area (Å²) in [6.45, 7) is 0. The fourth-order valence-electron chi connectivity index (χ4n) is 1.47. The minimum absolute atomic E-state index is 0.129. The summed E-state index contributed by atoms with van der Waals surface area (Å²) in [5, 5.41) is 1.97. The molecule has 2 aromatic rings. The summed E-state index contributed by atoms with van der Waals surface area (Å²) >= 11 is 6.14. The van der Waals surface area contributed by atoms with Crippen LogP contribution in [0.15, 0.2) is 36.4 Å². The average molecular weight is 286 g/mol. The molecule has 0 atom stereocenters. The lowest BCUT2D eigenvalue weighted by Crippen LogP contribution is -2.27. The van der Waals surface area contributed by atoms with Gasteiger partial charge in [0.05, 0.1) is 5.02 Å². The number of hydrogen-bond donors (Lipinski definition) is 0. The summed E-state index contributed by atoms with van der Waals surface area (Å²) in [7, 11) is -1.01. The van der Waals surface area contributed by atoms with E-state index in [1.165, 1.54) is 14.1 Å². The van der Waals surface area contributed by atoms with Crippen LogP contribution >= 0.6 is 11.6 Å². The van der Waals surface area contributed by atoms with Gasteiger partial charge in [0, 0.05) is 19.5 Å². The number of nitrogens with zero attached hydrogens (tertiary/aromatic N) is 1. The summed E-state index contributed by atoms with van der Waals surface area (Å²) in [4.78, 5) is 0. The van der Waals surface area contributed by atoms with Crippen LogP contribution in [0.25, 0.3) is 10.8 Å². The zero-order chi connectivity index (χ0) is 13.3. The van der Waals surface area contributed by atoms with Crippen molar-refractivity contribution in [2.45, 2.75) is 0 Å². The maximum absolute atomic E-state index is 11.6. The van der Waals surface area contributed by atoms with Crippen LogP contribution in [0.5, 0.6) is 5.75 Å². The molecule has 0 aliphatic carbocycles. The zero-order valence-corrected chi connectivity index (χ0v) is 11.5. The molecule has 0 radical (unpaired) electrons. The Morgan fingerprint density at radius 1 is 1.11 bits per heavy atom. The Morgan fingerprint density at radius 2 is 1.78 bits per heavy atom. The standard InChI is InChI=1S/C12H12ClNO3S/c1-14(2)18(15,16)17-11-8-7-9-5-3-4-6-10(9)12(11)13/h3-8H,1-2H3. The monoisotopic (exact) mass is 285 g/mol. The van der Waals surface area contributed by atoms with E-state index in [0.29, 0.717) is 5.02 Å². The summed E-state index contributed by atoms with van der Waals surface area (Å²) < 4.78 is 29.2. The molecule has 6 heteroatoms. The molecule has 0 saturated heterocycles. The highest BCUT2D eigenvalue weighted by Gasteiger charge is 2.18. The van der Waals surface area contributed by atoms with Crippen LogP contribution in [0.3, 0.4) is 0 Å². The second-order valence-electron chi connectivity index (χ2n) is 3.92. The van der Waals surface area contributed by atoms with Gasteiger partial charge in [-0.25, -0.2) is 0 Å². The van der Waals surface area contributed by atoms with E-state index in [1.54, 1.807) is 12.1 Å². The van der Waals surface area contributed by atoms with Gasteiger partial charge in [0.25, 0.3) is 0 Å². The Kier molecular flexibility index (Phi) is 3.47. The zero-order valence-electron chi connectivity index (χ0n) is 9.92. The molecule has 0 fully saturated rings. The van der Waals surface area contributed by atoms with Crippen LogP contribution in [0.2, 0.25) is 5.02 Å². The lowest BCUT2D eigenvalue weighted by atomic mass is 10.1. The van der Waals surface area contributed by atoms with Gasteiger partial charge in [0.15, 0.2) is 5.75 Å². The molecular formula is C12H12ClNO3S. The minimum Gasteiger partial charge on any atom is -0.369 e. The van der Waals surface area contributed by atoms with Gasteiger partial charge in [-0.3, -0.25) is 0 Å². The average Bonchev–Trinajstić information content (AvgIpc) is 2.33. The minimum atomic E-state index is -3.79. The van der Waals surface area contributed by atoms with E-state index in [4.69, 9.17) is 15.8 Å². The number of rotatable bonds is 3. The van der Waals surface area contributed by atoms with E-state index in [-0.39, 0.29) is 5.75 Å². The Balaban J connectivity index is 2.51. The molecular weight excluding hydrogens is 274 g/mol. The van der Waals surface area contributed by atoms with Crippen molar-refractivity contribution in [3.63, 3.8) is 0 Å². The lowest BCUT2D eigenvalue weighted by molar-refractivity contribution is 0.422. The third-order valence-electron chi connectivity index (χ3n) is 2.47. The van der Waals surface area contributed by atoms with Crippen LogP contribution in [0.4, 0.5) is 0 Å². The predicted octanol–water partition coefficient (Wildman–Crippen LogP) is 2.68. The van der Waals surface area contributed by atoms with Crippen LogP contribution < -0.4 is 4.18 Å². The number of benzene rings is 2. The van der Waals surface area contributed by atoms with Gasteiger partial charge in [-0.05, 0) is 11.5 Å². The van der Waals surface area contributed by atoms with Gasteiger partial charge in [-0.15, -0.1) is 0 Å². The molecule has 18 heavy (non-hydrogen) atoms. The molecule has 2 aromatic carbocycles. The maximum Gasteiger partial charge on any atom is 0.384 e. The fraction of sp³-hybridized carbons (Fsp3) is 0.167. The quantitative estimate of drug-likeness (QED) is 0.871. The smallest absolute Gasteiger partial charge is 0.369 e. The van der Waals surface area contributed by atoms with Crippen molar-refractivity contribution in [3.8, 4) is 5.75 Å². The highest BCUT2D eigenvalue weighted by molar-refractivity contribution is 7.84. The molecule has 0 aliphatic rings. The molecule has 0 bridgehead atoms. The molecule has 0 saturated carbocycles. The first-order valence-electron chi connectivity index (χ1n) is 5.21. The van der Waals surface area contributed by atoms with E-state index < -0.39 is 10.3 Å². The molecule has 0 aromatic heterocycles. The Hall–Kier alpha value is -1.30. The van der Waals surface area contributed by atoms with Gasteiger partial charge < -0.3 is 4.18 Å². The van der Waals surface area contributed by atoms with Crippen molar-refractivity contribution in [2.75, 3.05) is 14.1 Å². The van der Waals surface area contributed by atoms with Gasteiger partial charge in [-0.2, -0.15) is 12.7 Å². The lowest BCUT2D eigenvalue weighted by Gasteiger charge is -2.13. The number of halogens is 1. The third-order valence-corrected chi connectivity index (χ3v) is 4.14. The second-order valence-corrected chi connectivity index (χ2v) is 6.05. The second kappa shape index (κ2) is 4.76.